The Bertz CT molecular complexity index is 322. The Morgan fingerprint density at radius 1 is 1.44 bits per heavy atom. The lowest BCUT2D eigenvalue weighted by atomic mass is 9.97. The zero-order valence-electron chi connectivity index (χ0n) is 11.3. The molecule has 3 aliphatic rings. The molecule has 0 aromatic rings. The van der Waals surface area contributed by atoms with Gasteiger partial charge in [-0.3, -0.25) is 10.1 Å². The van der Waals surface area contributed by atoms with E-state index >= 15 is 0 Å². The summed E-state index contributed by atoms with van der Waals surface area (Å²) < 4.78 is 0. The fraction of sp³-hybridized carbons (Fsp3) is 0.929. The van der Waals surface area contributed by atoms with Crippen molar-refractivity contribution in [3.05, 3.63) is 0 Å². The maximum Gasteiger partial charge on any atom is 0.244 e. The van der Waals surface area contributed by atoms with Crippen LogP contribution in [0.5, 0.6) is 0 Å². The zero-order valence-corrected chi connectivity index (χ0v) is 12.1. The molecule has 1 amide bonds. The standard InChI is InChI=1S/C14H24N2OS/c1-2-5-12-15-14(7-3-4-8-14)13(17)16(12)11-6-9-18-10-11/h11-12,15H,2-10H2,1H3. The number of nitrogens with one attached hydrogen (secondary N) is 1. The van der Waals surface area contributed by atoms with Crippen molar-refractivity contribution in [1.29, 1.82) is 0 Å². The lowest BCUT2D eigenvalue weighted by Crippen LogP contribution is -2.45. The first-order valence-electron chi connectivity index (χ1n) is 7.45. The third kappa shape index (κ3) is 1.97. The van der Waals surface area contributed by atoms with Gasteiger partial charge in [-0.15, -0.1) is 0 Å². The van der Waals surface area contributed by atoms with E-state index in [-0.39, 0.29) is 5.54 Å². The Morgan fingerprint density at radius 3 is 2.83 bits per heavy atom. The molecule has 0 aromatic heterocycles. The van der Waals surface area contributed by atoms with E-state index in [0.717, 1.165) is 31.4 Å². The van der Waals surface area contributed by atoms with Gasteiger partial charge in [0, 0.05) is 11.8 Å². The van der Waals surface area contributed by atoms with Crippen molar-refractivity contribution in [1.82, 2.24) is 10.2 Å². The van der Waals surface area contributed by atoms with Gasteiger partial charge in [0.15, 0.2) is 0 Å². The maximum atomic E-state index is 12.9. The van der Waals surface area contributed by atoms with Gasteiger partial charge in [-0.2, -0.15) is 11.8 Å². The van der Waals surface area contributed by atoms with Gasteiger partial charge >= 0.3 is 0 Å². The minimum Gasteiger partial charge on any atom is -0.322 e. The molecule has 1 aliphatic carbocycles. The molecule has 3 nitrogen and oxygen atoms in total. The Morgan fingerprint density at radius 2 is 2.22 bits per heavy atom. The number of thioether (sulfide) groups is 1. The highest BCUT2D eigenvalue weighted by Gasteiger charge is 2.53. The topological polar surface area (TPSA) is 32.3 Å². The molecule has 2 saturated heterocycles. The van der Waals surface area contributed by atoms with Crippen LogP contribution in [0.25, 0.3) is 0 Å². The Kier molecular flexibility index (Phi) is 3.59. The molecule has 2 heterocycles. The summed E-state index contributed by atoms with van der Waals surface area (Å²) in [7, 11) is 0. The predicted molar refractivity (Wildman–Crippen MR) is 75.6 cm³/mol. The molecule has 2 aliphatic heterocycles. The normalized spacial score (nSPS) is 34.9. The average molecular weight is 268 g/mol. The van der Waals surface area contributed by atoms with E-state index in [1.54, 1.807) is 0 Å². The molecule has 4 heteroatoms. The molecule has 1 saturated carbocycles. The molecule has 2 unspecified atom stereocenters. The van der Waals surface area contributed by atoms with E-state index < -0.39 is 0 Å². The largest absolute Gasteiger partial charge is 0.322 e. The monoisotopic (exact) mass is 268 g/mol. The summed E-state index contributed by atoms with van der Waals surface area (Å²) in [4.78, 5) is 15.1. The van der Waals surface area contributed by atoms with Crippen LogP contribution in [-0.4, -0.2) is 40.1 Å². The van der Waals surface area contributed by atoms with Gasteiger partial charge in [-0.1, -0.05) is 26.2 Å². The molecule has 3 fully saturated rings. The van der Waals surface area contributed by atoms with Gasteiger partial charge in [0.05, 0.1) is 11.7 Å². The van der Waals surface area contributed by atoms with Crippen molar-refractivity contribution in [2.75, 3.05) is 11.5 Å². The van der Waals surface area contributed by atoms with Gasteiger partial charge in [0.1, 0.15) is 0 Å². The van der Waals surface area contributed by atoms with Crippen LogP contribution in [0.2, 0.25) is 0 Å². The SMILES string of the molecule is CCCC1NC2(CCCC2)C(=O)N1C1CCSC1. The molecule has 1 N–H and O–H groups in total. The maximum absolute atomic E-state index is 12.9. The first-order chi connectivity index (χ1) is 8.77. The molecule has 18 heavy (non-hydrogen) atoms. The van der Waals surface area contributed by atoms with Gasteiger partial charge < -0.3 is 4.90 Å². The highest BCUT2D eigenvalue weighted by atomic mass is 32.2. The molecule has 2 atom stereocenters. The highest BCUT2D eigenvalue weighted by Crippen LogP contribution is 2.39. The van der Waals surface area contributed by atoms with Gasteiger partial charge in [0.2, 0.25) is 5.91 Å². The third-order valence-electron chi connectivity index (χ3n) is 4.74. The third-order valence-corrected chi connectivity index (χ3v) is 5.89. The van der Waals surface area contributed by atoms with Crippen LogP contribution in [0.1, 0.15) is 51.9 Å². The predicted octanol–water partition coefficient (Wildman–Crippen LogP) is 2.36. The molecule has 0 aromatic carbocycles. The lowest BCUT2D eigenvalue weighted by molar-refractivity contribution is -0.135. The summed E-state index contributed by atoms with van der Waals surface area (Å²) in [5, 5.41) is 3.71. The fourth-order valence-corrected chi connectivity index (χ4v) is 5.03. The summed E-state index contributed by atoms with van der Waals surface area (Å²) in [5.74, 6) is 2.79. The number of hydrogen-bond donors (Lipinski definition) is 1. The average Bonchev–Trinajstić information content (AvgIpc) is 3.04. The van der Waals surface area contributed by atoms with Crippen molar-refractivity contribution in [3.8, 4) is 0 Å². The Labute approximate surface area is 114 Å². The quantitative estimate of drug-likeness (QED) is 0.853. The summed E-state index contributed by atoms with van der Waals surface area (Å²) in [5.41, 5.74) is -0.174. The Balaban J connectivity index is 1.82. The van der Waals surface area contributed by atoms with Crippen LogP contribution in [-0.2, 0) is 4.79 Å². The highest BCUT2D eigenvalue weighted by molar-refractivity contribution is 7.99. The molecule has 0 radical (unpaired) electrons. The second-order valence-corrected chi connectivity index (χ2v) is 7.12. The van der Waals surface area contributed by atoms with Crippen molar-refractivity contribution in [2.24, 2.45) is 0 Å². The van der Waals surface area contributed by atoms with Gasteiger partial charge in [-0.05, 0) is 31.4 Å². The minimum atomic E-state index is -0.174. The number of amides is 1. The molecule has 3 rings (SSSR count). The van der Waals surface area contributed by atoms with Crippen LogP contribution >= 0.6 is 11.8 Å². The van der Waals surface area contributed by atoms with Crippen LogP contribution in [0, 0.1) is 0 Å². The second kappa shape index (κ2) is 5.04. The summed E-state index contributed by atoms with van der Waals surface area (Å²) in [6.45, 7) is 2.22. The molecule has 0 bridgehead atoms. The van der Waals surface area contributed by atoms with E-state index in [1.165, 1.54) is 25.0 Å². The molecular formula is C14H24N2OS. The van der Waals surface area contributed by atoms with Crippen molar-refractivity contribution in [2.45, 2.75) is 69.6 Å². The van der Waals surface area contributed by atoms with Crippen molar-refractivity contribution in [3.63, 3.8) is 0 Å². The fourth-order valence-electron chi connectivity index (χ4n) is 3.82. The number of rotatable bonds is 3. The van der Waals surface area contributed by atoms with E-state index in [9.17, 15) is 4.79 Å². The second-order valence-electron chi connectivity index (χ2n) is 5.97. The number of carbonyl (C=O) groups is 1. The van der Waals surface area contributed by atoms with Crippen LogP contribution in [0.15, 0.2) is 0 Å². The van der Waals surface area contributed by atoms with Crippen LogP contribution in [0.4, 0.5) is 0 Å². The molecule has 1 spiro atoms. The van der Waals surface area contributed by atoms with Crippen molar-refractivity contribution >= 4 is 17.7 Å². The number of nitrogens with zero attached hydrogens (tertiary/aromatic N) is 1. The van der Waals surface area contributed by atoms with E-state index in [0.29, 0.717) is 18.1 Å². The first-order valence-corrected chi connectivity index (χ1v) is 8.60. The Hall–Kier alpha value is -0.220. The molecule has 102 valence electrons. The van der Waals surface area contributed by atoms with Crippen LogP contribution in [0.3, 0.4) is 0 Å². The van der Waals surface area contributed by atoms with E-state index in [1.807, 2.05) is 11.8 Å². The van der Waals surface area contributed by atoms with Crippen molar-refractivity contribution < 1.29 is 4.79 Å². The summed E-state index contributed by atoms with van der Waals surface area (Å²) in [6, 6.07) is 0.492. The molecular weight excluding hydrogens is 244 g/mol. The number of carbonyl (C=O) groups excluding carboxylic acids is 1. The van der Waals surface area contributed by atoms with E-state index in [2.05, 4.69) is 17.1 Å². The number of hydrogen-bond acceptors (Lipinski definition) is 3. The summed E-state index contributed by atoms with van der Waals surface area (Å²) in [6.07, 6.45) is 8.30. The van der Waals surface area contributed by atoms with E-state index in [4.69, 9.17) is 0 Å². The first kappa shape index (κ1) is 12.8. The lowest BCUT2D eigenvalue weighted by Gasteiger charge is -2.29. The van der Waals surface area contributed by atoms with Gasteiger partial charge in [-0.25, -0.2) is 0 Å². The minimum absolute atomic E-state index is 0.174. The summed E-state index contributed by atoms with van der Waals surface area (Å²) >= 11 is 2.00. The smallest absolute Gasteiger partial charge is 0.244 e. The van der Waals surface area contributed by atoms with Crippen LogP contribution < -0.4 is 5.32 Å². The van der Waals surface area contributed by atoms with Gasteiger partial charge in [0.25, 0.3) is 0 Å². The zero-order chi connectivity index (χ0) is 12.6.